The highest BCUT2D eigenvalue weighted by Gasteiger charge is 2.01. The van der Waals surface area contributed by atoms with E-state index in [2.05, 4.69) is 10.6 Å². The van der Waals surface area contributed by atoms with Crippen molar-refractivity contribution in [1.82, 2.24) is 5.32 Å². The molecular weight excluding hydrogens is 335 g/mol. The van der Waals surface area contributed by atoms with Crippen molar-refractivity contribution in [2.45, 2.75) is 6.54 Å². The smallest absolute Gasteiger partial charge is 0.171 e. The topological polar surface area (TPSA) is 24.1 Å². The van der Waals surface area contributed by atoms with Crippen LogP contribution in [0, 0.1) is 0 Å². The monoisotopic (exact) mass is 344 g/mol. The number of anilines is 1. The van der Waals surface area contributed by atoms with E-state index in [0.29, 0.717) is 26.7 Å². The van der Waals surface area contributed by atoms with Gasteiger partial charge < -0.3 is 10.6 Å². The van der Waals surface area contributed by atoms with Gasteiger partial charge in [0, 0.05) is 27.3 Å². The van der Waals surface area contributed by atoms with Crippen LogP contribution in [-0.2, 0) is 6.54 Å². The van der Waals surface area contributed by atoms with Crippen LogP contribution in [0.2, 0.25) is 15.1 Å². The van der Waals surface area contributed by atoms with Gasteiger partial charge in [0.2, 0.25) is 0 Å². The number of thiocarbonyl (C=S) groups is 1. The van der Waals surface area contributed by atoms with Gasteiger partial charge in [-0.05, 0) is 48.1 Å². The minimum absolute atomic E-state index is 0.498. The normalized spacial score (nSPS) is 10.2. The van der Waals surface area contributed by atoms with Crippen LogP contribution in [0.3, 0.4) is 0 Å². The molecule has 0 spiro atoms. The SMILES string of the molecule is S=C(NCc1ccc(Cl)cc1)Nc1cc(Cl)cc(Cl)c1. The van der Waals surface area contributed by atoms with Crippen molar-refractivity contribution in [3.63, 3.8) is 0 Å². The van der Waals surface area contributed by atoms with Gasteiger partial charge in [0.25, 0.3) is 0 Å². The number of nitrogens with one attached hydrogen (secondary N) is 2. The number of hydrogen-bond acceptors (Lipinski definition) is 1. The number of benzene rings is 2. The predicted octanol–water partition coefficient (Wildman–Crippen LogP) is 5.13. The van der Waals surface area contributed by atoms with Crippen molar-refractivity contribution < 1.29 is 0 Å². The van der Waals surface area contributed by atoms with E-state index in [0.717, 1.165) is 11.3 Å². The van der Waals surface area contributed by atoms with E-state index in [9.17, 15) is 0 Å². The fourth-order valence-electron chi connectivity index (χ4n) is 1.59. The maximum absolute atomic E-state index is 5.92. The largest absolute Gasteiger partial charge is 0.358 e. The molecule has 0 amide bonds. The van der Waals surface area contributed by atoms with Crippen molar-refractivity contribution in [1.29, 1.82) is 0 Å². The van der Waals surface area contributed by atoms with Gasteiger partial charge in [-0.2, -0.15) is 0 Å². The van der Waals surface area contributed by atoms with E-state index in [1.807, 2.05) is 24.3 Å². The third kappa shape index (κ3) is 4.84. The molecule has 0 atom stereocenters. The zero-order valence-electron chi connectivity index (χ0n) is 10.3. The fourth-order valence-corrected chi connectivity index (χ4v) is 2.43. The third-order valence-electron chi connectivity index (χ3n) is 2.49. The summed E-state index contributed by atoms with van der Waals surface area (Å²) in [6, 6.07) is 12.7. The van der Waals surface area contributed by atoms with E-state index in [1.165, 1.54) is 0 Å². The molecule has 6 heteroatoms. The molecule has 0 aliphatic carbocycles. The van der Waals surface area contributed by atoms with Gasteiger partial charge in [0.1, 0.15) is 0 Å². The van der Waals surface area contributed by atoms with Gasteiger partial charge in [0.15, 0.2) is 5.11 Å². The van der Waals surface area contributed by atoms with Crippen LogP contribution in [0.15, 0.2) is 42.5 Å². The van der Waals surface area contributed by atoms with E-state index >= 15 is 0 Å². The molecule has 104 valence electrons. The number of rotatable bonds is 3. The highest BCUT2D eigenvalue weighted by atomic mass is 35.5. The second-order valence-electron chi connectivity index (χ2n) is 4.09. The van der Waals surface area contributed by atoms with Crippen LogP contribution in [0.5, 0.6) is 0 Å². The molecule has 20 heavy (non-hydrogen) atoms. The molecule has 0 aliphatic heterocycles. The molecular formula is C14H11Cl3N2S. The molecule has 0 unspecified atom stereocenters. The lowest BCUT2D eigenvalue weighted by Crippen LogP contribution is -2.27. The van der Waals surface area contributed by atoms with Crippen LogP contribution >= 0.6 is 47.0 Å². The second-order valence-corrected chi connectivity index (χ2v) is 5.81. The van der Waals surface area contributed by atoms with Gasteiger partial charge >= 0.3 is 0 Å². The molecule has 2 rings (SSSR count). The maximum Gasteiger partial charge on any atom is 0.171 e. The summed E-state index contributed by atoms with van der Waals surface area (Å²) < 4.78 is 0. The highest BCUT2D eigenvalue weighted by Crippen LogP contribution is 2.22. The first-order valence-corrected chi connectivity index (χ1v) is 7.32. The van der Waals surface area contributed by atoms with Gasteiger partial charge in [-0.3, -0.25) is 0 Å². The first kappa shape index (κ1) is 15.4. The average molecular weight is 346 g/mol. The molecule has 0 aliphatic rings. The minimum Gasteiger partial charge on any atom is -0.358 e. The Morgan fingerprint density at radius 1 is 0.900 bits per heavy atom. The predicted molar refractivity (Wildman–Crippen MR) is 91.0 cm³/mol. The Morgan fingerprint density at radius 3 is 2.10 bits per heavy atom. The first-order chi connectivity index (χ1) is 9.52. The zero-order valence-corrected chi connectivity index (χ0v) is 13.4. The number of halogens is 3. The lowest BCUT2D eigenvalue weighted by Gasteiger charge is -2.11. The molecule has 2 nitrogen and oxygen atoms in total. The van der Waals surface area contributed by atoms with Gasteiger partial charge in [-0.15, -0.1) is 0 Å². The van der Waals surface area contributed by atoms with E-state index in [1.54, 1.807) is 18.2 Å². The summed E-state index contributed by atoms with van der Waals surface area (Å²) in [4.78, 5) is 0. The zero-order chi connectivity index (χ0) is 14.5. The fraction of sp³-hybridized carbons (Fsp3) is 0.0714. The Labute approximate surface area is 138 Å². The molecule has 0 saturated heterocycles. The average Bonchev–Trinajstić information content (AvgIpc) is 2.37. The summed E-state index contributed by atoms with van der Waals surface area (Å²) in [6.07, 6.45) is 0. The molecule has 2 aromatic rings. The molecule has 0 fully saturated rings. The van der Waals surface area contributed by atoms with Crippen molar-refractivity contribution in [2.24, 2.45) is 0 Å². The second kappa shape index (κ2) is 7.14. The molecule has 0 saturated carbocycles. The molecule has 0 aromatic heterocycles. The van der Waals surface area contributed by atoms with Crippen LogP contribution in [0.1, 0.15) is 5.56 Å². The van der Waals surface area contributed by atoms with E-state index < -0.39 is 0 Å². The summed E-state index contributed by atoms with van der Waals surface area (Å²) >= 11 is 22.9. The molecule has 0 bridgehead atoms. The summed E-state index contributed by atoms with van der Waals surface area (Å²) in [5, 5.41) is 8.45. The van der Waals surface area contributed by atoms with E-state index in [4.69, 9.17) is 47.0 Å². The number of hydrogen-bond donors (Lipinski definition) is 2. The van der Waals surface area contributed by atoms with Crippen LogP contribution < -0.4 is 10.6 Å². The lowest BCUT2D eigenvalue weighted by atomic mass is 10.2. The quantitative estimate of drug-likeness (QED) is 0.754. The Morgan fingerprint density at radius 2 is 1.50 bits per heavy atom. The van der Waals surface area contributed by atoms with Gasteiger partial charge in [0.05, 0.1) is 0 Å². The summed E-state index contributed by atoms with van der Waals surface area (Å²) in [5.41, 5.74) is 1.83. The highest BCUT2D eigenvalue weighted by molar-refractivity contribution is 7.80. The maximum atomic E-state index is 5.92. The standard InChI is InChI=1S/C14H11Cl3N2S/c15-10-3-1-9(2-4-10)8-18-14(20)19-13-6-11(16)5-12(17)7-13/h1-7H,8H2,(H2,18,19,20). The third-order valence-corrected chi connectivity index (χ3v) is 3.42. The van der Waals surface area contributed by atoms with E-state index in [-0.39, 0.29) is 0 Å². The minimum atomic E-state index is 0.498. The Balaban J connectivity index is 1.90. The summed E-state index contributed by atoms with van der Waals surface area (Å²) in [7, 11) is 0. The Bertz CT molecular complexity index is 594. The molecule has 0 radical (unpaired) electrons. The van der Waals surface area contributed by atoms with Crippen molar-refractivity contribution in [3.05, 3.63) is 63.1 Å². The van der Waals surface area contributed by atoms with Crippen molar-refractivity contribution in [2.75, 3.05) is 5.32 Å². The molecule has 0 heterocycles. The Kier molecular flexibility index (Phi) is 5.49. The summed E-state index contributed by atoms with van der Waals surface area (Å²) in [5.74, 6) is 0. The Hall–Kier alpha value is -1.000. The van der Waals surface area contributed by atoms with Gasteiger partial charge in [-0.1, -0.05) is 46.9 Å². The van der Waals surface area contributed by atoms with Crippen LogP contribution in [-0.4, -0.2) is 5.11 Å². The first-order valence-electron chi connectivity index (χ1n) is 5.78. The molecule has 2 N–H and O–H groups in total. The van der Waals surface area contributed by atoms with Gasteiger partial charge in [-0.25, -0.2) is 0 Å². The lowest BCUT2D eigenvalue weighted by molar-refractivity contribution is 0.926. The van der Waals surface area contributed by atoms with Crippen molar-refractivity contribution >= 4 is 57.8 Å². The van der Waals surface area contributed by atoms with Crippen LogP contribution in [0.4, 0.5) is 5.69 Å². The molecule has 2 aromatic carbocycles. The van der Waals surface area contributed by atoms with Crippen LogP contribution in [0.25, 0.3) is 0 Å². The summed E-state index contributed by atoms with van der Waals surface area (Å²) in [6.45, 7) is 0.608. The van der Waals surface area contributed by atoms with Crippen molar-refractivity contribution in [3.8, 4) is 0 Å².